The average molecular weight is 377 g/mol. The molecule has 0 radical (unpaired) electrons. The lowest BCUT2D eigenvalue weighted by molar-refractivity contribution is -0.136. The Morgan fingerprint density at radius 3 is 2.29 bits per heavy atom. The minimum atomic E-state index is -0.151. The summed E-state index contributed by atoms with van der Waals surface area (Å²) >= 11 is 0. The summed E-state index contributed by atoms with van der Waals surface area (Å²) in [4.78, 5) is 31.4. The number of amides is 2. The van der Waals surface area contributed by atoms with E-state index in [0.717, 1.165) is 38.2 Å². The number of anilines is 1. The molecule has 2 aromatic carbocycles. The first-order chi connectivity index (χ1) is 13.6. The van der Waals surface area contributed by atoms with E-state index in [0.29, 0.717) is 13.0 Å². The fourth-order valence-corrected chi connectivity index (χ4v) is 4.40. The van der Waals surface area contributed by atoms with E-state index < -0.39 is 0 Å². The number of carbonyl (C=O) groups excluding carboxylic acids is 2. The van der Waals surface area contributed by atoms with Crippen molar-refractivity contribution in [2.24, 2.45) is 0 Å². The van der Waals surface area contributed by atoms with Gasteiger partial charge in [-0.2, -0.15) is 0 Å². The highest BCUT2D eigenvalue weighted by Crippen LogP contribution is 2.33. The van der Waals surface area contributed by atoms with Crippen LogP contribution in [0.4, 0.5) is 5.69 Å². The fraction of sp³-hybridized carbons (Fsp3) is 0.391. The predicted octanol–water partition coefficient (Wildman–Crippen LogP) is 2.87. The van der Waals surface area contributed by atoms with Crippen LogP contribution in [0.25, 0.3) is 0 Å². The van der Waals surface area contributed by atoms with Crippen molar-refractivity contribution in [2.75, 3.05) is 37.6 Å². The van der Waals surface area contributed by atoms with Crippen molar-refractivity contribution in [3.63, 3.8) is 0 Å². The van der Waals surface area contributed by atoms with Crippen LogP contribution in [0.15, 0.2) is 54.6 Å². The number of piperazine rings is 1. The van der Waals surface area contributed by atoms with E-state index in [1.807, 2.05) is 40.1 Å². The molecule has 0 aliphatic carbocycles. The van der Waals surface area contributed by atoms with E-state index in [2.05, 4.69) is 29.2 Å². The standard InChI is InChI=1S/C23H27N3O2/c1-18(27)26-12-11-19-7-5-6-10-21(19)22(26)17-23(28)25-15-13-24(14-16-25)20-8-3-2-4-9-20/h2-10,22H,11-17H2,1H3. The van der Waals surface area contributed by atoms with Crippen LogP contribution in [0, 0.1) is 0 Å². The van der Waals surface area contributed by atoms with Gasteiger partial charge in [0.2, 0.25) is 11.8 Å². The molecule has 28 heavy (non-hydrogen) atoms. The molecule has 2 amide bonds. The van der Waals surface area contributed by atoms with Gasteiger partial charge in [0.25, 0.3) is 0 Å². The van der Waals surface area contributed by atoms with Crippen molar-refractivity contribution in [2.45, 2.75) is 25.8 Å². The van der Waals surface area contributed by atoms with Gasteiger partial charge < -0.3 is 14.7 Å². The molecule has 4 rings (SSSR count). The molecular weight excluding hydrogens is 350 g/mol. The number of fused-ring (bicyclic) bond motifs is 1. The minimum Gasteiger partial charge on any atom is -0.368 e. The number of hydrogen-bond acceptors (Lipinski definition) is 3. The second kappa shape index (κ2) is 8.05. The number of para-hydroxylation sites is 1. The SMILES string of the molecule is CC(=O)N1CCc2ccccc2C1CC(=O)N1CCN(c2ccccc2)CC1. The molecule has 1 saturated heterocycles. The third-order valence-electron chi connectivity index (χ3n) is 5.94. The summed E-state index contributed by atoms with van der Waals surface area (Å²) in [6, 6.07) is 18.4. The van der Waals surface area contributed by atoms with Gasteiger partial charge in [0.1, 0.15) is 0 Å². The molecule has 2 aliphatic rings. The Bertz CT molecular complexity index is 844. The second-order valence-electron chi connectivity index (χ2n) is 7.58. The first-order valence-corrected chi connectivity index (χ1v) is 10.1. The molecule has 2 aromatic rings. The summed E-state index contributed by atoms with van der Waals surface area (Å²) < 4.78 is 0. The molecule has 0 spiro atoms. The van der Waals surface area contributed by atoms with E-state index in [-0.39, 0.29) is 17.9 Å². The number of nitrogens with zero attached hydrogens (tertiary/aromatic N) is 3. The summed E-state index contributed by atoms with van der Waals surface area (Å²) in [5.74, 6) is 0.182. The van der Waals surface area contributed by atoms with E-state index in [1.165, 1.54) is 11.3 Å². The van der Waals surface area contributed by atoms with Crippen molar-refractivity contribution in [1.82, 2.24) is 9.80 Å². The van der Waals surface area contributed by atoms with Crippen LogP contribution in [0.1, 0.15) is 30.5 Å². The van der Waals surface area contributed by atoms with E-state index >= 15 is 0 Å². The lowest BCUT2D eigenvalue weighted by Crippen LogP contribution is -2.50. The van der Waals surface area contributed by atoms with Crippen LogP contribution >= 0.6 is 0 Å². The molecular formula is C23H27N3O2. The third-order valence-corrected chi connectivity index (χ3v) is 5.94. The first-order valence-electron chi connectivity index (χ1n) is 10.1. The molecule has 1 fully saturated rings. The highest BCUT2D eigenvalue weighted by Gasteiger charge is 2.32. The van der Waals surface area contributed by atoms with Gasteiger partial charge in [-0.05, 0) is 29.7 Å². The van der Waals surface area contributed by atoms with Gasteiger partial charge in [-0.25, -0.2) is 0 Å². The van der Waals surface area contributed by atoms with Gasteiger partial charge in [0.15, 0.2) is 0 Å². The van der Waals surface area contributed by atoms with Gasteiger partial charge in [0, 0.05) is 45.3 Å². The molecule has 2 aliphatic heterocycles. The second-order valence-corrected chi connectivity index (χ2v) is 7.58. The zero-order valence-electron chi connectivity index (χ0n) is 16.4. The quantitative estimate of drug-likeness (QED) is 0.826. The first kappa shape index (κ1) is 18.5. The molecule has 5 heteroatoms. The zero-order valence-corrected chi connectivity index (χ0v) is 16.4. The fourth-order valence-electron chi connectivity index (χ4n) is 4.40. The van der Waals surface area contributed by atoms with Crippen molar-refractivity contribution < 1.29 is 9.59 Å². The van der Waals surface area contributed by atoms with Gasteiger partial charge in [0.05, 0.1) is 12.5 Å². The summed E-state index contributed by atoms with van der Waals surface area (Å²) in [6.07, 6.45) is 1.22. The normalized spacial score (nSPS) is 19.3. The number of hydrogen-bond donors (Lipinski definition) is 0. The largest absolute Gasteiger partial charge is 0.368 e. The molecule has 5 nitrogen and oxygen atoms in total. The minimum absolute atomic E-state index is 0.0428. The monoisotopic (exact) mass is 377 g/mol. The molecule has 2 heterocycles. The van der Waals surface area contributed by atoms with Crippen LogP contribution in [-0.4, -0.2) is 54.3 Å². The smallest absolute Gasteiger partial charge is 0.225 e. The maximum Gasteiger partial charge on any atom is 0.225 e. The van der Waals surface area contributed by atoms with Crippen LogP contribution in [-0.2, 0) is 16.0 Å². The zero-order chi connectivity index (χ0) is 19.5. The molecule has 1 unspecified atom stereocenters. The summed E-state index contributed by atoms with van der Waals surface area (Å²) in [5.41, 5.74) is 3.59. The number of carbonyl (C=O) groups is 2. The maximum absolute atomic E-state index is 13.1. The Balaban J connectivity index is 1.43. The molecule has 0 N–H and O–H groups in total. The van der Waals surface area contributed by atoms with Crippen molar-refractivity contribution in [1.29, 1.82) is 0 Å². The van der Waals surface area contributed by atoms with Crippen LogP contribution in [0.5, 0.6) is 0 Å². The summed E-state index contributed by atoms with van der Waals surface area (Å²) in [6.45, 7) is 5.42. The van der Waals surface area contributed by atoms with Crippen molar-refractivity contribution >= 4 is 17.5 Å². The van der Waals surface area contributed by atoms with Crippen molar-refractivity contribution in [3.05, 3.63) is 65.7 Å². The van der Waals surface area contributed by atoms with Gasteiger partial charge in [-0.3, -0.25) is 9.59 Å². The average Bonchev–Trinajstić information content (AvgIpc) is 2.74. The molecule has 146 valence electrons. The Morgan fingerprint density at radius 1 is 0.893 bits per heavy atom. The Morgan fingerprint density at radius 2 is 1.57 bits per heavy atom. The van der Waals surface area contributed by atoms with Crippen LogP contribution in [0.3, 0.4) is 0 Å². The Labute approximate surface area is 166 Å². The highest BCUT2D eigenvalue weighted by molar-refractivity contribution is 5.80. The van der Waals surface area contributed by atoms with Gasteiger partial charge in [-0.1, -0.05) is 42.5 Å². The van der Waals surface area contributed by atoms with Crippen molar-refractivity contribution in [3.8, 4) is 0 Å². The summed E-state index contributed by atoms with van der Waals surface area (Å²) in [7, 11) is 0. The van der Waals surface area contributed by atoms with Gasteiger partial charge in [-0.15, -0.1) is 0 Å². The lowest BCUT2D eigenvalue weighted by atomic mass is 9.90. The number of rotatable bonds is 3. The van der Waals surface area contributed by atoms with Gasteiger partial charge >= 0.3 is 0 Å². The predicted molar refractivity (Wildman–Crippen MR) is 110 cm³/mol. The van der Waals surface area contributed by atoms with Crippen LogP contribution in [0.2, 0.25) is 0 Å². The van der Waals surface area contributed by atoms with E-state index in [9.17, 15) is 9.59 Å². The third kappa shape index (κ3) is 3.75. The molecule has 0 saturated carbocycles. The Hall–Kier alpha value is -2.82. The van der Waals surface area contributed by atoms with E-state index in [4.69, 9.17) is 0 Å². The maximum atomic E-state index is 13.1. The lowest BCUT2D eigenvalue weighted by Gasteiger charge is -2.39. The summed E-state index contributed by atoms with van der Waals surface area (Å²) in [5, 5.41) is 0. The topological polar surface area (TPSA) is 43.9 Å². The number of benzene rings is 2. The highest BCUT2D eigenvalue weighted by atomic mass is 16.2. The van der Waals surface area contributed by atoms with E-state index in [1.54, 1.807) is 6.92 Å². The molecule has 0 aromatic heterocycles. The van der Waals surface area contributed by atoms with Crippen LogP contribution < -0.4 is 4.90 Å². The molecule has 0 bridgehead atoms. The Kier molecular flexibility index (Phi) is 5.33. The molecule has 1 atom stereocenters.